The summed E-state index contributed by atoms with van der Waals surface area (Å²) in [5.74, 6) is -0.968. The van der Waals surface area contributed by atoms with Crippen LogP contribution in [0, 0.1) is 12.7 Å². The number of rotatable bonds is 5. The second-order valence-corrected chi connectivity index (χ2v) is 6.86. The maximum Gasteiger partial charge on any atom is 0.248 e. The van der Waals surface area contributed by atoms with Gasteiger partial charge in [-0.15, -0.1) is 11.3 Å². The molecule has 0 fully saturated rings. The van der Waals surface area contributed by atoms with Crippen LogP contribution >= 0.6 is 11.3 Å². The molecule has 0 aliphatic carbocycles. The molecule has 0 saturated carbocycles. The first kappa shape index (κ1) is 19.4. The summed E-state index contributed by atoms with van der Waals surface area (Å²) >= 11 is 1.30. The summed E-state index contributed by atoms with van der Waals surface area (Å²) in [5, 5.41) is 4.91. The molecule has 0 radical (unpaired) electrons. The van der Waals surface area contributed by atoms with Gasteiger partial charge < -0.3 is 5.32 Å². The van der Waals surface area contributed by atoms with Crippen molar-refractivity contribution in [2.45, 2.75) is 13.8 Å². The first-order valence-corrected chi connectivity index (χ1v) is 9.38. The third-order valence-corrected chi connectivity index (χ3v) is 4.74. The molecule has 1 aromatic heterocycles. The number of hydrogen-bond acceptors (Lipinski definition) is 4. The molecule has 2 aromatic carbocycles. The van der Waals surface area contributed by atoms with Crippen molar-refractivity contribution in [2.75, 3.05) is 10.2 Å². The minimum absolute atomic E-state index is 0.157. The van der Waals surface area contributed by atoms with E-state index in [1.807, 2.05) is 30.3 Å². The summed E-state index contributed by atoms with van der Waals surface area (Å²) in [7, 11) is 0. The van der Waals surface area contributed by atoms with Crippen molar-refractivity contribution >= 4 is 45.7 Å². The number of anilines is 3. The zero-order valence-corrected chi connectivity index (χ0v) is 16.2. The van der Waals surface area contributed by atoms with Gasteiger partial charge in [0, 0.05) is 24.1 Å². The Hall–Kier alpha value is -3.32. The minimum Gasteiger partial charge on any atom is -0.322 e. The number of para-hydroxylation sites is 1. The van der Waals surface area contributed by atoms with Crippen LogP contribution in [0.4, 0.5) is 20.9 Å². The van der Waals surface area contributed by atoms with Crippen LogP contribution in [-0.2, 0) is 9.59 Å². The van der Waals surface area contributed by atoms with Crippen LogP contribution in [0.1, 0.15) is 18.2 Å². The fourth-order valence-corrected chi connectivity index (χ4v) is 3.38. The van der Waals surface area contributed by atoms with Gasteiger partial charge in [0.15, 0.2) is 5.13 Å². The number of aromatic nitrogens is 1. The highest BCUT2D eigenvalue weighted by Gasteiger charge is 2.17. The molecule has 0 atom stereocenters. The van der Waals surface area contributed by atoms with Gasteiger partial charge in [-0.3, -0.25) is 14.5 Å². The average molecular weight is 395 g/mol. The lowest BCUT2D eigenvalue weighted by Crippen LogP contribution is -2.22. The van der Waals surface area contributed by atoms with E-state index in [0.29, 0.717) is 16.5 Å². The molecule has 1 N–H and O–H groups in total. The molecule has 5 nitrogen and oxygen atoms in total. The quantitative estimate of drug-likeness (QED) is 0.623. The number of nitrogens with one attached hydrogen (secondary N) is 1. The molecule has 0 spiro atoms. The lowest BCUT2D eigenvalue weighted by atomic mass is 10.2. The third kappa shape index (κ3) is 4.69. The van der Waals surface area contributed by atoms with Crippen LogP contribution in [0.25, 0.3) is 6.08 Å². The first-order valence-electron chi connectivity index (χ1n) is 8.50. The number of benzene rings is 2. The summed E-state index contributed by atoms with van der Waals surface area (Å²) in [6.45, 7) is 3.25. The number of hydrogen-bond donors (Lipinski definition) is 1. The van der Waals surface area contributed by atoms with Crippen LogP contribution in [0.15, 0.2) is 60.0 Å². The Balaban J connectivity index is 1.73. The Kier molecular flexibility index (Phi) is 5.96. The highest BCUT2D eigenvalue weighted by Crippen LogP contribution is 2.29. The van der Waals surface area contributed by atoms with Crippen molar-refractivity contribution in [1.82, 2.24) is 4.98 Å². The molecule has 142 valence electrons. The molecule has 28 heavy (non-hydrogen) atoms. The molecule has 2 amide bonds. The number of thiazole rings is 1. The summed E-state index contributed by atoms with van der Waals surface area (Å²) in [6, 6.07) is 13.4. The lowest BCUT2D eigenvalue weighted by molar-refractivity contribution is -0.116. The van der Waals surface area contributed by atoms with Gasteiger partial charge in [0.05, 0.1) is 11.4 Å². The minimum atomic E-state index is -0.417. The molecule has 7 heteroatoms. The fourth-order valence-electron chi connectivity index (χ4n) is 2.52. The highest BCUT2D eigenvalue weighted by molar-refractivity contribution is 7.14. The van der Waals surface area contributed by atoms with Gasteiger partial charge in [-0.1, -0.05) is 24.3 Å². The van der Waals surface area contributed by atoms with E-state index < -0.39 is 11.7 Å². The Labute approximate surface area is 166 Å². The largest absolute Gasteiger partial charge is 0.322 e. The standard InChI is InChI=1S/C21H18FN3O2S/c1-14-8-9-16(22)12-19(14)24-20(27)11-10-17-13-28-21(23-17)25(15(2)26)18-6-4-3-5-7-18/h3-13H,1-2H3,(H,24,27). The number of halogens is 1. The highest BCUT2D eigenvalue weighted by atomic mass is 32.1. The molecule has 0 saturated heterocycles. The number of nitrogens with zero attached hydrogens (tertiary/aromatic N) is 2. The van der Waals surface area contributed by atoms with Crippen molar-refractivity contribution < 1.29 is 14.0 Å². The lowest BCUT2D eigenvalue weighted by Gasteiger charge is -2.17. The number of amides is 2. The predicted molar refractivity (Wildman–Crippen MR) is 110 cm³/mol. The summed E-state index contributed by atoms with van der Waals surface area (Å²) in [5.41, 5.74) is 2.45. The molecule has 1 heterocycles. The molecule has 0 aliphatic heterocycles. The fraction of sp³-hybridized carbons (Fsp3) is 0.0952. The van der Waals surface area contributed by atoms with E-state index in [4.69, 9.17) is 0 Å². The first-order chi connectivity index (χ1) is 13.4. The Morgan fingerprint density at radius 2 is 1.93 bits per heavy atom. The Morgan fingerprint density at radius 1 is 1.18 bits per heavy atom. The van der Waals surface area contributed by atoms with E-state index >= 15 is 0 Å². The second-order valence-electron chi connectivity index (χ2n) is 6.03. The van der Waals surface area contributed by atoms with Crippen molar-refractivity contribution in [1.29, 1.82) is 0 Å². The molecule has 0 aliphatic rings. The van der Waals surface area contributed by atoms with Gasteiger partial charge in [0.25, 0.3) is 0 Å². The van der Waals surface area contributed by atoms with E-state index in [9.17, 15) is 14.0 Å². The van der Waals surface area contributed by atoms with E-state index in [1.54, 1.807) is 24.4 Å². The van der Waals surface area contributed by atoms with E-state index in [-0.39, 0.29) is 5.91 Å². The van der Waals surface area contributed by atoms with Crippen LogP contribution in [0.5, 0.6) is 0 Å². The summed E-state index contributed by atoms with van der Waals surface area (Å²) < 4.78 is 13.3. The monoisotopic (exact) mass is 395 g/mol. The normalized spacial score (nSPS) is 10.8. The van der Waals surface area contributed by atoms with Gasteiger partial charge >= 0.3 is 0 Å². The van der Waals surface area contributed by atoms with E-state index in [1.165, 1.54) is 41.4 Å². The van der Waals surface area contributed by atoms with Crippen LogP contribution in [0.2, 0.25) is 0 Å². The van der Waals surface area contributed by atoms with E-state index in [2.05, 4.69) is 10.3 Å². The van der Waals surface area contributed by atoms with Crippen LogP contribution in [0.3, 0.4) is 0 Å². The Bertz CT molecular complexity index is 1030. The third-order valence-electron chi connectivity index (χ3n) is 3.89. The number of carbonyl (C=O) groups excluding carboxylic acids is 2. The van der Waals surface area contributed by atoms with E-state index in [0.717, 1.165) is 11.3 Å². The Morgan fingerprint density at radius 3 is 2.64 bits per heavy atom. The topological polar surface area (TPSA) is 62.3 Å². The van der Waals surface area contributed by atoms with Gasteiger partial charge in [-0.2, -0.15) is 0 Å². The van der Waals surface area contributed by atoms with Crippen LogP contribution in [-0.4, -0.2) is 16.8 Å². The van der Waals surface area contributed by atoms with Gasteiger partial charge in [-0.05, 0) is 42.8 Å². The smallest absolute Gasteiger partial charge is 0.248 e. The van der Waals surface area contributed by atoms with Gasteiger partial charge in [0.1, 0.15) is 5.82 Å². The molecule has 3 rings (SSSR count). The molecular weight excluding hydrogens is 377 g/mol. The molecule has 0 bridgehead atoms. The number of aryl methyl sites for hydroxylation is 1. The number of carbonyl (C=O) groups is 2. The zero-order chi connectivity index (χ0) is 20.1. The average Bonchev–Trinajstić information content (AvgIpc) is 3.12. The van der Waals surface area contributed by atoms with Crippen molar-refractivity contribution in [2.24, 2.45) is 0 Å². The summed E-state index contributed by atoms with van der Waals surface area (Å²) in [6.07, 6.45) is 2.87. The van der Waals surface area contributed by atoms with Gasteiger partial charge in [0.2, 0.25) is 11.8 Å². The summed E-state index contributed by atoms with van der Waals surface area (Å²) in [4.78, 5) is 30.1. The second kappa shape index (κ2) is 8.58. The van der Waals surface area contributed by atoms with Crippen molar-refractivity contribution in [3.63, 3.8) is 0 Å². The molecular formula is C21H18FN3O2S. The maximum atomic E-state index is 13.3. The molecule has 0 unspecified atom stereocenters. The van der Waals surface area contributed by atoms with Gasteiger partial charge in [-0.25, -0.2) is 9.37 Å². The molecule has 3 aromatic rings. The van der Waals surface area contributed by atoms with Crippen molar-refractivity contribution in [3.05, 3.63) is 77.1 Å². The maximum absolute atomic E-state index is 13.3. The predicted octanol–water partition coefficient (Wildman–Crippen LogP) is 4.93. The van der Waals surface area contributed by atoms with Crippen LogP contribution < -0.4 is 10.2 Å². The SMILES string of the molecule is CC(=O)N(c1ccccc1)c1nc(C=CC(=O)Nc2cc(F)ccc2C)cs1. The zero-order valence-electron chi connectivity index (χ0n) is 15.3. The van der Waals surface area contributed by atoms with Crippen molar-refractivity contribution in [3.8, 4) is 0 Å².